The van der Waals surface area contributed by atoms with Gasteiger partial charge in [0.05, 0.1) is 4.90 Å². The number of hydrogen-bond acceptors (Lipinski definition) is 3. The molecule has 1 heterocycles. The van der Waals surface area contributed by atoms with Crippen LogP contribution in [0.3, 0.4) is 0 Å². The Balaban J connectivity index is 2.49. The molecule has 20 heavy (non-hydrogen) atoms. The quantitative estimate of drug-likeness (QED) is 0.822. The predicted octanol–water partition coefficient (Wildman–Crippen LogP) is 3.29. The number of rotatable bonds is 2. The van der Waals surface area contributed by atoms with E-state index in [0.717, 1.165) is 25.7 Å². The van der Waals surface area contributed by atoms with E-state index in [1.165, 1.54) is 0 Å². The van der Waals surface area contributed by atoms with Crippen molar-refractivity contribution in [2.24, 2.45) is 0 Å². The Hall–Kier alpha value is -0.590. The van der Waals surface area contributed by atoms with E-state index in [1.807, 2.05) is 6.92 Å². The average Bonchev–Trinajstić information content (AvgIpc) is 2.58. The first kappa shape index (κ1) is 15.8. The van der Waals surface area contributed by atoms with Gasteiger partial charge >= 0.3 is 0 Å². The molecule has 4 nitrogen and oxygen atoms in total. The van der Waals surface area contributed by atoms with Crippen LogP contribution in [0, 0.1) is 6.92 Å². The fraction of sp³-hybridized carbons (Fsp3) is 0.571. The number of benzene rings is 1. The Labute approximate surface area is 129 Å². The lowest BCUT2D eigenvalue weighted by atomic mass is 10.1. The predicted molar refractivity (Wildman–Crippen MR) is 85.1 cm³/mol. The number of sulfonamides is 1. The second kappa shape index (κ2) is 6.03. The van der Waals surface area contributed by atoms with Crippen LogP contribution in [0.5, 0.6) is 0 Å². The number of anilines is 1. The van der Waals surface area contributed by atoms with Crippen LogP contribution in [0.25, 0.3) is 0 Å². The van der Waals surface area contributed by atoms with E-state index in [0.29, 0.717) is 27.2 Å². The molecule has 0 bridgehead atoms. The fourth-order valence-corrected chi connectivity index (χ4v) is 5.28. The van der Waals surface area contributed by atoms with Gasteiger partial charge < -0.3 is 5.73 Å². The van der Waals surface area contributed by atoms with E-state index in [2.05, 4.69) is 15.9 Å². The lowest BCUT2D eigenvalue weighted by molar-refractivity contribution is 0.342. The molecule has 1 unspecified atom stereocenters. The second-order valence-electron chi connectivity index (χ2n) is 5.43. The Morgan fingerprint density at radius 1 is 1.30 bits per heavy atom. The Kier molecular flexibility index (Phi) is 4.76. The third kappa shape index (κ3) is 3.02. The van der Waals surface area contributed by atoms with Crippen LogP contribution in [-0.2, 0) is 10.0 Å². The molecule has 1 atom stereocenters. The minimum Gasteiger partial charge on any atom is -0.398 e. The average molecular weight is 361 g/mol. The summed E-state index contributed by atoms with van der Waals surface area (Å²) in [7, 11) is -3.49. The summed E-state index contributed by atoms with van der Waals surface area (Å²) < 4.78 is 28.2. The Morgan fingerprint density at radius 3 is 2.70 bits per heavy atom. The Bertz CT molecular complexity index is 601. The van der Waals surface area contributed by atoms with Gasteiger partial charge in [-0.05, 0) is 44.4 Å². The molecule has 1 fully saturated rings. The van der Waals surface area contributed by atoms with Gasteiger partial charge in [0.15, 0.2) is 0 Å². The van der Waals surface area contributed by atoms with Crippen molar-refractivity contribution in [1.29, 1.82) is 0 Å². The molecule has 1 aliphatic heterocycles. The summed E-state index contributed by atoms with van der Waals surface area (Å²) in [5.41, 5.74) is 7.03. The van der Waals surface area contributed by atoms with Crippen molar-refractivity contribution >= 4 is 31.6 Å². The SMILES string of the molecule is Cc1c(N)cc(Br)cc1S(=O)(=O)N1CCCCCC1C. The lowest BCUT2D eigenvalue weighted by Crippen LogP contribution is -2.38. The van der Waals surface area contributed by atoms with Crippen LogP contribution < -0.4 is 5.73 Å². The monoisotopic (exact) mass is 360 g/mol. The van der Waals surface area contributed by atoms with Crippen LogP contribution in [-0.4, -0.2) is 25.3 Å². The molecule has 0 aromatic heterocycles. The molecule has 0 radical (unpaired) electrons. The van der Waals surface area contributed by atoms with Gasteiger partial charge in [0, 0.05) is 22.7 Å². The van der Waals surface area contributed by atoms with Crippen LogP contribution in [0.2, 0.25) is 0 Å². The van der Waals surface area contributed by atoms with E-state index in [4.69, 9.17) is 5.73 Å². The number of halogens is 1. The summed E-state index contributed by atoms with van der Waals surface area (Å²) in [4.78, 5) is 0.318. The third-order valence-corrected chi connectivity index (χ3v) is 6.54. The molecular weight excluding hydrogens is 340 g/mol. The standard InChI is InChI=1S/C14H21BrN2O2S/c1-10-6-4-3-5-7-17(10)20(18,19)14-9-12(15)8-13(16)11(14)2/h8-10H,3-7,16H2,1-2H3. The van der Waals surface area contributed by atoms with Gasteiger partial charge in [0.25, 0.3) is 0 Å². The highest BCUT2D eigenvalue weighted by Crippen LogP contribution is 2.31. The fourth-order valence-electron chi connectivity index (χ4n) is 2.67. The highest BCUT2D eigenvalue weighted by atomic mass is 79.9. The van der Waals surface area contributed by atoms with Crippen molar-refractivity contribution in [3.8, 4) is 0 Å². The highest BCUT2D eigenvalue weighted by molar-refractivity contribution is 9.10. The van der Waals surface area contributed by atoms with E-state index in [1.54, 1.807) is 23.4 Å². The maximum absolute atomic E-state index is 12.9. The third-order valence-electron chi connectivity index (χ3n) is 3.94. The topological polar surface area (TPSA) is 63.4 Å². The Morgan fingerprint density at radius 2 is 2.00 bits per heavy atom. The lowest BCUT2D eigenvalue weighted by Gasteiger charge is -2.27. The van der Waals surface area contributed by atoms with E-state index in [9.17, 15) is 8.42 Å². The number of hydrogen-bond donors (Lipinski definition) is 1. The van der Waals surface area contributed by atoms with Crippen molar-refractivity contribution in [2.45, 2.75) is 50.5 Å². The van der Waals surface area contributed by atoms with E-state index < -0.39 is 10.0 Å². The molecule has 6 heteroatoms. The number of nitrogens with two attached hydrogens (primary N) is 1. The van der Waals surface area contributed by atoms with E-state index >= 15 is 0 Å². The largest absolute Gasteiger partial charge is 0.398 e. The van der Waals surface area contributed by atoms with Gasteiger partial charge in [0.2, 0.25) is 10.0 Å². The molecule has 1 aliphatic rings. The van der Waals surface area contributed by atoms with E-state index in [-0.39, 0.29) is 6.04 Å². The maximum atomic E-state index is 12.9. The molecule has 2 N–H and O–H groups in total. The van der Waals surface area contributed by atoms with Gasteiger partial charge in [0.1, 0.15) is 0 Å². The molecule has 0 amide bonds. The minimum atomic E-state index is -3.49. The van der Waals surface area contributed by atoms with Gasteiger partial charge in [-0.25, -0.2) is 8.42 Å². The maximum Gasteiger partial charge on any atom is 0.243 e. The summed E-state index contributed by atoms with van der Waals surface area (Å²) in [6.07, 6.45) is 4.02. The molecule has 0 aliphatic carbocycles. The summed E-state index contributed by atoms with van der Waals surface area (Å²) >= 11 is 3.33. The van der Waals surface area contributed by atoms with Gasteiger partial charge in [-0.15, -0.1) is 0 Å². The zero-order valence-electron chi connectivity index (χ0n) is 11.9. The summed E-state index contributed by atoms with van der Waals surface area (Å²) in [6, 6.07) is 3.43. The van der Waals surface area contributed by atoms with Crippen LogP contribution >= 0.6 is 15.9 Å². The molecule has 2 rings (SSSR count). The van der Waals surface area contributed by atoms with Gasteiger partial charge in [-0.1, -0.05) is 28.8 Å². The van der Waals surface area contributed by atoms with Crippen LogP contribution in [0.4, 0.5) is 5.69 Å². The van der Waals surface area contributed by atoms with Crippen molar-refractivity contribution in [1.82, 2.24) is 4.31 Å². The summed E-state index contributed by atoms with van der Waals surface area (Å²) in [6.45, 7) is 4.34. The molecule has 0 saturated carbocycles. The van der Waals surface area contributed by atoms with Gasteiger partial charge in [-0.3, -0.25) is 0 Å². The number of nitrogens with zero attached hydrogens (tertiary/aromatic N) is 1. The smallest absolute Gasteiger partial charge is 0.243 e. The minimum absolute atomic E-state index is 0.0436. The molecular formula is C14H21BrN2O2S. The van der Waals surface area contributed by atoms with Crippen LogP contribution in [0.1, 0.15) is 38.2 Å². The first-order valence-electron chi connectivity index (χ1n) is 6.91. The second-order valence-corrected chi connectivity index (χ2v) is 8.21. The van der Waals surface area contributed by atoms with Crippen molar-refractivity contribution < 1.29 is 8.42 Å². The zero-order valence-corrected chi connectivity index (χ0v) is 14.3. The summed E-state index contributed by atoms with van der Waals surface area (Å²) in [5, 5.41) is 0. The normalized spacial score (nSPS) is 21.6. The van der Waals surface area contributed by atoms with Crippen LogP contribution in [0.15, 0.2) is 21.5 Å². The number of nitrogen functional groups attached to an aromatic ring is 1. The van der Waals surface area contributed by atoms with Crippen molar-refractivity contribution in [3.63, 3.8) is 0 Å². The molecule has 0 spiro atoms. The molecule has 1 aromatic rings. The molecule has 1 saturated heterocycles. The first-order valence-corrected chi connectivity index (χ1v) is 9.15. The summed E-state index contributed by atoms with van der Waals surface area (Å²) in [5.74, 6) is 0. The zero-order chi connectivity index (χ0) is 14.9. The first-order chi connectivity index (χ1) is 9.34. The molecule has 1 aromatic carbocycles. The highest BCUT2D eigenvalue weighted by Gasteiger charge is 2.31. The van der Waals surface area contributed by atoms with Crippen molar-refractivity contribution in [3.05, 3.63) is 22.2 Å². The molecule has 112 valence electrons. The van der Waals surface area contributed by atoms with Crippen molar-refractivity contribution in [2.75, 3.05) is 12.3 Å². The van der Waals surface area contributed by atoms with Gasteiger partial charge in [-0.2, -0.15) is 4.31 Å².